The van der Waals surface area contributed by atoms with Crippen LogP contribution in [0, 0.1) is 6.92 Å². The van der Waals surface area contributed by atoms with Crippen LogP contribution in [0.1, 0.15) is 61.8 Å². The van der Waals surface area contributed by atoms with E-state index in [0.717, 1.165) is 57.7 Å². The molecule has 0 fully saturated rings. The molecule has 0 unspecified atom stereocenters. The molecule has 6 nitrogen and oxygen atoms in total. The van der Waals surface area contributed by atoms with Crippen LogP contribution in [0.3, 0.4) is 0 Å². The molecule has 2 amide bonds. The summed E-state index contributed by atoms with van der Waals surface area (Å²) in [6, 6.07) is 37.5. The lowest BCUT2D eigenvalue weighted by Crippen LogP contribution is -2.30. The molecule has 0 radical (unpaired) electrons. The molecule has 0 aliphatic heterocycles. The van der Waals surface area contributed by atoms with Crippen molar-refractivity contribution < 1.29 is 14.0 Å². The zero-order valence-corrected chi connectivity index (χ0v) is 24.1. The molecule has 1 N–H and O–H groups in total. The van der Waals surface area contributed by atoms with Crippen LogP contribution >= 0.6 is 0 Å². The summed E-state index contributed by atoms with van der Waals surface area (Å²) < 4.78 is 6.25. The third-order valence-electron chi connectivity index (χ3n) is 7.79. The fourth-order valence-corrected chi connectivity index (χ4v) is 5.56. The van der Waals surface area contributed by atoms with Crippen molar-refractivity contribution >= 4 is 17.5 Å². The molecule has 0 saturated heterocycles. The van der Waals surface area contributed by atoms with Gasteiger partial charge in [-0.05, 0) is 54.2 Å². The Balaban J connectivity index is 1.23. The summed E-state index contributed by atoms with van der Waals surface area (Å²) in [5, 5.41) is 4.53. The largest absolute Gasteiger partial charge is 0.455 e. The highest BCUT2D eigenvalue weighted by Gasteiger charge is 2.30. The molecule has 214 valence electrons. The average Bonchev–Trinajstić information content (AvgIpc) is 3.41. The van der Waals surface area contributed by atoms with E-state index in [2.05, 4.69) is 10.5 Å². The van der Waals surface area contributed by atoms with Gasteiger partial charge < -0.3 is 9.32 Å². The summed E-state index contributed by atoms with van der Waals surface area (Å²) in [7, 11) is 0. The first-order valence-electron chi connectivity index (χ1n) is 14.6. The fourth-order valence-electron chi connectivity index (χ4n) is 5.56. The molecular formula is C37H33N3O3. The van der Waals surface area contributed by atoms with Crippen LogP contribution in [0.5, 0.6) is 0 Å². The lowest BCUT2D eigenvalue weighted by Gasteiger charge is -2.22. The number of hydrogen-bond donors (Lipinski definition) is 1. The fraction of sp³-hybridized carbons (Fsp3) is 0.162. The first kappa shape index (κ1) is 27.9. The van der Waals surface area contributed by atoms with Crippen LogP contribution in [0.25, 0.3) is 11.1 Å². The van der Waals surface area contributed by atoms with Crippen LogP contribution in [0.15, 0.2) is 125 Å². The molecule has 6 rings (SSSR count). The smallest absolute Gasteiger partial charge is 0.290 e. The molecule has 0 bridgehead atoms. The number of hydrazone groups is 1. The van der Waals surface area contributed by atoms with E-state index < -0.39 is 0 Å². The van der Waals surface area contributed by atoms with E-state index in [1.54, 1.807) is 12.1 Å². The number of rotatable bonds is 8. The minimum atomic E-state index is -0.284. The Bertz CT molecular complexity index is 1700. The summed E-state index contributed by atoms with van der Waals surface area (Å²) in [5.74, 6) is 0.621. The van der Waals surface area contributed by atoms with Crippen LogP contribution in [-0.4, -0.2) is 22.4 Å². The van der Waals surface area contributed by atoms with Crippen molar-refractivity contribution in [3.63, 3.8) is 0 Å². The van der Waals surface area contributed by atoms with Crippen molar-refractivity contribution in [1.82, 2.24) is 10.3 Å². The van der Waals surface area contributed by atoms with Crippen molar-refractivity contribution in [1.29, 1.82) is 0 Å². The minimum absolute atomic E-state index is 0.165. The topological polar surface area (TPSA) is 74.9 Å². The van der Waals surface area contributed by atoms with Crippen molar-refractivity contribution in [3.05, 3.63) is 155 Å². The highest BCUT2D eigenvalue weighted by atomic mass is 16.4. The third-order valence-corrected chi connectivity index (χ3v) is 7.79. The van der Waals surface area contributed by atoms with Gasteiger partial charge in [-0.15, -0.1) is 0 Å². The van der Waals surface area contributed by atoms with Gasteiger partial charge in [-0.1, -0.05) is 103 Å². The number of furan rings is 1. The molecule has 0 atom stereocenters. The van der Waals surface area contributed by atoms with Gasteiger partial charge in [0.25, 0.3) is 11.8 Å². The second-order valence-electron chi connectivity index (χ2n) is 10.8. The molecule has 0 spiro atoms. The molecule has 1 heterocycles. The Labute approximate surface area is 251 Å². The van der Waals surface area contributed by atoms with Crippen molar-refractivity contribution in [2.75, 3.05) is 0 Å². The maximum Gasteiger partial charge on any atom is 0.290 e. The second kappa shape index (κ2) is 12.7. The minimum Gasteiger partial charge on any atom is -0.455 e. The zero-order valence-electron chi connectivity index (χ0n) is 24.1. The zero-order chi connectivity index (χ0) is 29.6. The van der Waals surface area contributed by atoms with Gasteiger partial charge in [-0.25, -0.2) is 5.43 Å². The Hall–Kier alpha value is -5.23. The number of hydrogen-bond acceptors (Lipinski definition) is 4. The SMILES string of the molecule is Cc1c(C(=O)N(Cc2ccccc2)Cc2ccccc2)oc2c1/C(=N/NC(=O)c1ccc(-c3ccccc3)cc1)CCC2. The summed E-state index contributed by atoms with van der Waals surface area (Å²) in [6.07, 6.45) is 2.23. The highest BCUT2D eigenvalue weighted by molar-refractivity contribution is 6.07. The normalized spacial score (nSPS) is 13.4. The van der Waals surface area contributed by atoms with E-state index in [1.807, 2.05) is 115 Å². The second-order valence-corrected chi connectivity index (χ2v) is 10.8. The van der Waals surface area contributed by atoms with Gasteiger partial charge in [0.05, 0.1) is 5.71 Å². The lowest BCUT2D eigenvalue weighted by atomic mass is 9.93. The summed E-state index contributed by atoms with van der Waals surface area (Å²) in [5.41, 5.74) is 9.80. The van der Waals surface area contributed by atoms with Crippen molar-refractivity contribution in [3.8, 4) is 11.1 Å². The quantitative estimate of drug-likeness (QED) is 0.197. The van der Waals surface area contributed by atoms with E-state index in [1.165, 1.54) is 0 Å². The number of carbonyl (C=O) groups excluding carboxylic acids is 2. The maximum atomic E-state index is 14.0. The van der Waals surface area contributed by atoms with Crippen molar-refractivity contribution in [2.45, 2.75) is 39.3 Å². The Morgan fingerprint density at radius 2 is 1.30 bits per heavy atom. The molecule has 0 saturated carbocycles. The monoisotopic (exact) mass is 567 g/mol. The molecule has 4 aromatic carbocycles. The average molecular weight is 568 g/mol. The molecular weight excluding hydrogens is 534 g/mol. The number of nitrogens with one attached hydrogen (secondary N) is 1. The van der Waals surface area contributed by atoms with Gasteiger partial charge in [0.1, 0.15) is 5.76 Å². The van der Waals surface area contributed by atoms with Crippen molar-refractivity contribution in [2.24, 2.45) is 5.10 Å². The summed E-state index contributed by atoms with van der Waals surface area (Å²) >= 11 is 0. The van der Waals surface area contributed by atoms with Crippen LogP contribution in [-0.2, 0) is 19.5 Å². The number of amides is 2. The first-order valence-corrected chi connectivity index (χ1v) is 14.6. The van der Waals surface area contributed by atoms with Gasteiger partial charge in [0.15, 0.2) is 5.76 Å². The van der Waals surface area contributed by atoms with Gasteiger partial charge in [-0.3, -0.25) is 9.59 Å². The first-order chi connectivity index (χ1) is 21.1. The van der Waals surface area contributed by atoms with E-state index in [-0.39, 0.29) is 11.8 Å². The molecule has 5 aromatic rings. The van der Waals surface area contributed by atoms with E-state index in [0.29, 0.717) is 30.8 Å². The number of carbonyl (C=O) groups is 2. The Morgan fingerprint density at radius 3 is 1.91 bits per heavy atom. The highest BCUT2D eigenvalue weighted by Crippen LogP contribution is 2.31. The van der Waals surface area contributed by atoms with Crippen LogP contribution < -0.4 is 5.43 Å². The molecule has 1 aromatic heterocycles. The van der Waals surface area contributed by atoms with E-state index in [9.17, 15) is 9.59 Å². The number of aryl methyl sites for hydroxylation is 1. The molecule has 1 aliphatic rings. The molecule has 43 heavy (non-hydrogen) atoms. The maximum absolute atomic E-state index is 14.0. The Kier molecular flexibility index (Phi) is 8.27. The predicted molar refractivity (Wildman–Crippen MR) is 169 cm³/mol. The summed E-state index contributed by atoms with van der Waals surface area (Å²) in [4.78, 5) is 28.8. The van der Waals surface area contributed by atoms with Gasteiger partial charge in [0, 0.05) is 36.2 Å². The van der Waals surface area contributed by atoms with Gasteiger partial charge in [0.2, 0.25) is 0 Å². The third kappa shape index (κ3) is 6.33. The molecule has 6 heteroatoms. The lowest BCUT2D eigenvalue weighted by molar-refractivity contribution is 0.0694. The number of nitrogens with zero attached hydrogens (tertiary/aromatic N) is 2. The van der Waals surface area contributed by atoms with E-state index in [4.69, 9.17) is 4.42 Å². The van der Waals surface area contributed by atoms with Crippen LogP contribution in [0.4, 0.5) is 0 Å². The van der Waals surface area contributed by atoms with Crippen LogP contribution in [0.2, 0.25) is 0 Å². The van der Waals surface area contributed by atoms with E-state index >= 15 is 0 Å². The predicted octanol–water partition coefficient (Wildman–Crippen LogP) is 7.57. The Morgan fingerprint density at radius 1 is 0.744 bits per heavy atom. The van der Waals surface area contributed by atoms with Gasteiger partial charge in [-0.2, -0.15) is 5.10 Å². The summed E-state index contributed by atoms with van der Waals surface area (Å²) in [6.45, 7) is 2.82. The number of fused-ring (bicyclic) bond motifs is 1. The number of benzene rings is 4. The van der Waals surface area contributed by atoms with Gasteiger partial charge >= 0.3 is 0 Å². The standard InChI is InChI=1S/C37H33N3O3/c1-26-34-32(38-39-36(41)31-22-20-30(21-23-31)29-16-9-4-10-17-29)18-11-19-33(34)43-35(26)37(42)40(24-27-12-5-2-6-13-27)25-28-14-7-3-8-15-28/h2-10,12-17,20-23H,11,18-19,24-25H2,1H3,(H,39,41)/b38-32+. The molecule has 1 aliphatic carbocycles.